The second-order valence-corrected chi connectivity index (χ2v) is 7.44. The van der Waals surface area contributed by atoms with Crippen LogP contribution in [0.25, 0.3) is 10.9 Å². The minimum absolute atomic E-state index is 0.125. The van der Waals surface area contributed by atoms with E-state index >= 15 is 0 Å². The molecule has 0 unspecified atom stereocenters. The van der Waals surface area contributed by atoms with Gasteiger partial charge in [-0.2, -0.15) is 11.8 Å². The zero-order valence-electron chi connectivity index (χ0n) is 13.6. The van der Waals surface area contributed by atoms with Crippen molar-refractivity contribution in [3.05, 3.63) is 34.4 Å². The van der Waals surface area contributed by atoms with Gasteiger partial charge in [0.05, 0.1) is 0 Å². The lowest BCUT2D eigenvalue weighted by atomic mass is 10.1. The van der Waals surface area contributed by atoms with E-state index in [9.17, 15) is 10.0 Å². The van der Waals surface area contributed by atoms with E-state index in [1.54, 1.807) is 0 Å². The van der Waals surface area contributed by atoms with Crippen molar-refractivity contribution < 1.29 is 10.0 Å². The first-order chi connectivity index (χ1) is 11.7. The molecule has 24 heavy (non-hydrogen) atoms. The van der Waals surface area contributed by atoms with Crippen LogP contribution in [0.3, 0.4) is 0 Å². The van der Waals surface area contributed by atoms with Crippen LogP contribution in [0.5, 0.6) is 0 Å². The van der Waals surface area contributed by atoms with Crippen LogP contribution in [0.4, 0.5) is 0 Å². The number of rotatable bonds is 9. The van der Waals surface area contributed by atoms with E-state index in [0.717, 1.165) is 46.0 Å². The number of carbonyl (C=O) groups excluding carboxylic acids is 1. The molecule has 0 spiro atoms. The van der Waals surface area contributed by atoms with E-state index in [1.165, 1.54) is 0 Å². The Hall–Kier alpha value is -1.47. The lowest BCUT2D eigenvalue weighted by molar-refractivity contribution is -0.115. The van der Waals surface area contributed by atoms with Crippen LogP contribution in [-0.2, 0) is 11.2 Å². The van der Waals surface area contributed by atoms with Crippen LogP contribution >= 0.6 is 27.7 Å². The molecule has 0 aliphatic rings. The maximum atomic E-state index is 12.2. The molecule has 0 atom stereocenters. The minimum Gasteiger partial charge on any atom is -0.410 e. The Labute approximate surface area is 154 Å². The Kier molecular flexibility index (Phi) is 7.65. The third kappa shape index (κ3) is 5.27. The van der Waals surface area contributed by atoms with Crippen molar-refractivity contribution in [1.29, 1.82) is 0 Å². The van der Waals surface area contributed by atoms with Crippen molar-refractivity contribution in [2.75, 3.05) is 18.6 Å². The molecular weight excluding hydrogens is 390 g/mol. The number of carbonyl (C=O) groups is 1. The molecular formula is C17H22BrN3O2S. The molecule has 0 aliphatic heterocycles. The van der Waals surface area contributed by atoms with Gasteiger partial charge in [0.25, 0.3) is 5.91 Å². The second kappa shape index (κ2) is 9.74. The average Bonchev–Trinajstić information content (AvgIpc) is 2.97. The number of hydrogen-bond acceptors (Lipinski definition) is 4. The van der Waals surface area contributed by atoms with Gasteiger partial charge in [-0.25, -0.2) is 0 Å². The van der Waals surface area contributed by atoms with Crippen LogP contribution in [0.1, 0.15) is 24.8 Å². The second-order valence-electron chi connectivity index (χ2n) is 5.54. The zero-order valence-corrected chi connectivity index (χ0v) is 16.0. The molecule has 5 nitrogen and oxygen atoms in total. The van der Waals surface area contributed by atoms with Gasteiger partial charge in [0.2, 0.25) is 0 Å². The molecule has 1 heterocycles. The Balaban J connectivity index is 1.91. The predicted octanol–water partition coefficient (Wildman–Crippen LogP) is 3.95. The Morgan fingerprint density at radius 3 is 2.96 bits per heavy atom. The maximum Gasteiger partial charge on any atom is 0.269 e. The fraction of sp³-hybridized carbons (Fsp3) is 0.412. The number of aromatic amines is 1. The van der Waals surface area contributed by atoms with Crippen molar-refractivity contribution >= 4 is 50.2 Å². The molecule has 0 saturated carbocycles. The Morgan fingerprint density at radius 2 is 2.21 bits per heavy atom. The Bertz CT molecular complexity index is 715. The first-order valence-corrected chi connectivity index (χ1v) is 10.1. The molecule has 0 saturated heterocycles. The van der Waals surface area contributed by atoms with Gasteiger partial charge in [0, 0.05) is 34.5 Å². The summed E-state index contributed by atoms with van der Waals surface area (Å²) in [6, 6.07) is 5.90. The van der Waals surface area contributed by atoms with Crippen LogP contribution in [-0.4, -0.2) is 40.4 Å². The van der Waals surface area contributed by atoms with Gasteiger partial charge in [-0.3, -0.25) is 4.79 Å². The lowest BCUT2D eigenvalue weighted by Crippen LogP contribution is -2.33. The van der Waals surface area contributed by atoms with Crippen molar-refractivity contribution in [3.63, 3.8) is 0 Å². The number of aromatic nitrogens is 1. The van der Waals surface area contributed by atoms with E-state index in [1.807, 2.05) is 36.2 Å². The molecule has 2 rings (SSSR count). The maximum absolute atomic E-state index is 12.2. The lowest BCUT2D eigenvalue weighted by Gasteiger charge is -2.06. The number of unbranched alkanes of at least 4 members (excludes halogenated alkanes) is 2. The number of fused-ring (bicyclic) bond motifs is 1. The molecule has 0 aliphatic carbocycles. The summed E-state index contributed by atoms with van der Waals surface area (Å²) < 4.78 is 0.966. The molecule has 130 valence electrons. The zero-order chi connectivity index (χ0) is 17.4. The van der Waals surface area contributed by atoms with Crippen LogP contribution in [0, 0.1) is 0 Å². The Morgan fingerprint density at radius 1 is 1.38 bits per heavy atom. The van der Waals surface area contributed by atoms with Crippen molar-refractivity contribution in [1.82, 2.24) is 10.3 Å². The van der Waals surface area contributed by atoms with Crippen molar-refractivity contribution in [3.8, 4) is 0 Å². The molecule has 7 heteroatoms. The number of nitrogens with zero attached hydrogens (tertiary/aromatic N) is 1. The van der Waals surface area contributed by atoms with E-state index < -0.39 is 0 Å². The first-order valence-electron chi connectivity index (χ1n) is 7.89. The summed E-state index contributed by atoms with van der Waals surface area (Å²) in [5, 5.41) is 16.2. The van der Waals surface area contributed by atoms with Gasteiger partial charge < -0.3 is 15.5 Å². The third-order valence-electron chi connectivity index (χ3n) is 3.78. The van der Waals surface area contributed by atoms with Crippen molar-refractivity contribution in [2.24, 2.45) is 5.16 Å². The van der Waals surface area contributed by atoms with Gasteiger partial charge in [-0.15, -0.1) is 0 Å². The summed E-state index contributed by atoms with van der Waals surface area (Å²) in [5.41, 5.74) is 2.04. The molecule has 1 aromatic carbocycles. The summed E-state index contributed by atoms with van der Waals surface area (Å²) in [6.45, 7) is 0.603. The molecule has 0 fully saturated rings. The highest BCUT2D eigenvalue weighted by Crippen LogP contribution is 2.23. The minimum atomic E-state index is -0.313. The predicted molar refractivity (Wildman–Crippen MR) is 104 cm³/mol. The normalized spacial score (nSPS) is 11.8. The molecule has 0 radical (unpaired) electrons. The SMILES string of the molecule is CSCCCCCNC(=O)/C(Cc1c[nH]c2ccc(Br)cc12)=N/O. The number of thioether (sulfide) groups is 1. The first kappa shape index (κ1) is 18.9. The summed E-state index contributed by atoms with van der Waals surface area (Å²) in [4.78, 5) is 15.3. The summed E-state index contributed by atoms with van der Waals surface area (Å²) in [5.74, 6) is 0.833. The summed E-state index contributed by atoms with van der Waals surface area (Å²) in [7, 11) is 0. The van der Waals surface area contributed by atoms with Gasteiger partial charge in [0.1, 0.15) is 5.71 Å². The number of amides is 1. The number of halogens is 1. The van der Waals surface area contributed by atoms with Crippen LogP contribution in [0.2, 0.25) is 0 Å². The van der Waals surface area contributed by atoms with E-state index in [4.69, 9.17) is 0 Å². The third-order valence-corrected chi connectivity index (χ3v) is 4.97. The summed E-state index contributed by atoms with van der Waals surface area (Å²) >= 11 is 5.28. The van der Waals surface area contributed by atoms with E-state index in [0.29, 0.717) is 6.54 Å². The molecule has 2 aromatic rings. The van der Waals surface area contributed by atoms with Gasteiger partial charge in [0.15, 0.2) is 0 Å². The number of benzene rings is 1. The smallest absolute Gasteiger partial charge is 0.269 e. The standard InChI is InChI=1S/C17H22BrN3O2S/c1-24-8-4-2-3-7-19-17(22)16(21-23)9-12-11-20-15-6-5-13(18)10-14(12)15/h5-6,10-11,20,23H,2-4,7-9H2,1H3,(H,19,22)/b21-16+. The van der Waals surface area contributed by atoms with Crippen molar-refractivity contribution in [2.45, 2.75) is 25.7 Å². The molecule has 1 aromatic heterocycles. The van der Waals surface area contributed by atoms with Gasteiger partial charge in [-0.1, -0.05) is 27.5 Å². The van der Waals surface area contributed by atoms with Crippen LogP contribution in [0.15, 0.2) is 34.0 Å². The van der Waals surface area contributed by atoms with E-state index in [-0.39, 0.29) is 18.0 Å². The fourth-order valence-electron chi connectivity index (χ4n) is 2.49. The number of hydrogen-bond donors (Lipinski definition) is 3. The monoisotopic (exact) mass is 411 g/mol. The van der Waals surface area contributed by atoms with Gasteiger partial charge >= 0.3 is 0 Å². The highest BCUT2D eigenvalue weighted by Gasteiger charge is 2.15. The summed E-state index contributed by atoms with van der Waals surface area (Å²) in [6.07, 6.45) is 7.40. The average molecular weight is 412 g/mol. The number of H-pyrrole nitrogens is 1. The molecule has 3 N–H and O–H groups in total. The quantitative estimate of drug-likeness (QED) is 0.253. The van der Waals surface area contributed by atoms with E-state index in [2.05, 4.69) is 37.6 Å². The topological polar surface area (TPSA) is 77.5 Å². The molecule has 1 amide bonds. The highest BCUT2D eigenvalue weighted by atomic mass is 79.9. The fourth-order valence-corrected chi connectivity index (χ4v) is 3.34. The van der Waals surface area contributed by atoms with Crippen LogP contribution < -0.4 is 5.32 Å². The van der Waals surface area contributed by atoms with Gasteiger partial charge in [-0.05, 0) is 48.6 Å². The number of nitrogens with one attached hydrogen (secondary N) is 2. The largest absolute Gasteiger partial charge is 0.410 e. The number of oxime groups is 1. The molecule has 0 bridgehead atoms. The highest BCUT2D eigenvalue weighted by molar-refractivity contribution is 9.10.